The van der Waals surface area contributed by atoms with Crippen LogP contribution in [0.5, 0.6) is 0 Å². The van der Waals surface area contributed by atoms with E-state index in [1.165, 1.54) is 77.0 Å². The smallest absolute Gasteiger partial charge is 0.310 e. The summed E-state index contributed by atoms with van der Waals surface area (Å²) in [6.07, 6.45) is 14.7. The van der Waals surface area contributed by atoms with Gasteiger partial charge in [-0.25, -0.2) is 0 Å². The Morgan fingerprint density at radius 2 is 0.947 bits per heavy atom. The third-order valence-corrected chi connectivity index (χ3v) is 6.46. The van der Waals surface area contributed by atoms with Gasteiger partial charge in [0.15, 0.2) is 0 Å². The van der Waals surface area contributed by atoms with Crippen molar-refractivity contribution in [3.05, 3.63) is 0 Å². The van der Waals surface area contributed by atoms with Gasteiger partial charge in [-0.1, -0.05) is 38.5 Å². The van der Waals surface area contributed by atoms with E-state index < -0.39 is 5.97 Å². The lowest BCUT2D eigenvalue weighted by molar-refractivity contribution is -0.164. The Hall–Kier alpha value is -0.530. The first-order valence-electron chi connectivity index (χ1n) is 8.49. The Morgan fingerprint density at radius 1 is 0.684 bits per heavy atom. The zero-order valence-electron chi connectivity index (χ0n) is 12.1. The number of hydrogen-bond acceptors (Lipinski definition) is 1. The standard InChI is InChI=1S/C17H28O2/c18-16(19)17(13-7-1-2-8-13,14-9-3-4-10-14)15-11-5-6-12-15/h13-15H,1-12H2,(H,18,19). The molecule has 0 bridgehead atoms. The van der Waals surface area contributed by atoms with Gasteiger partial charge in [0.2, 0.25) is 0 Å². The average Bonchev–Trinajstić information content (AvgIpc) is 3.15. The summed E-state index contributed by atoms with van der Waals surface area (Å²) in [5.41, 5.74) is -0.344. The fourth-order valence-corrected chi connectivity index (χ4v) is 5.73. The molecule has 0 unspecified atom stereocenters. The molecule has 1 N–H and O–H groups in total. The van der Waals surface area contributed by atoms with Crippen molar-refractivity contribution in [3.8, 4) is 0 Å². The molecule has 0 radical (unpaired) electrons. The minimum Gasteiger partial charge on any atom is -0.481 e. The molecule has 0 heterocycles. The van der Waals surface area contributed by atoms with Crippen LogP contribution in [-0.4, -0.2) is 11.1 Å². The van der Waals surface area contributed by atoms with Crippen molar-refractivity contribution < 1.29 is 9.90 Å². The third kappa shape index (κ3) is 2.11. The molecule has 3 saturated carbocycles. The van der Waals surface area contributed by atoms with Crippen LogP contribution in [0.15, 0.2) is 0 Å². The molecule has 3 rings (SSSR count). The number of aliphatic carboxylic acids is 1. The van der Waals surface area contributed by atoms with E-state index in [1.807, 2.05) is 0 Å². The first-order chi connectivity index (χ1) is 9.26. The molecule has 0 aliphatic heterocycles. The summed E-state index contributed by atoms with van der Waals surface area (Å²) in [6, 6.07) is 0. The fourth-order valence-electron chi connectivity index (χ4n) is 5.73. The Labute approximate surface area is 117 Å². The van der Waals surface area contributed by atoms with Crippen LogP contribution in [0, 0.1) is 23.2 Å². The average molecular weight is 264 g/mol. The summed E-state index contributed by atoms with van der Waals surface area (Å²) in [7, 11) is 0. The zero-order chi connectivity index (χ0) is 13.3. The van der Waals surface area contributed by atoms with Crippen LogP contribution in [0.1, 0.15) is 77.0 Å². The van der Waals surface area contributed by atoms with Gasteiger partial charge in [0.05, 0.1) is 5.41 Å². The normalized spacial score (nSPS) is 27.4. The van der Waals surface area contributed by atoms with Gasteiger partial charge in [0.25, 0.3) is 0 Å². The Kier molecular flexibility index (Phi) is 3.86. The summed E-state index contributed by atoms with van der Waals surface area (Å²) in [5, 5.41) is 10.2. The van der Waals surface area contributed by atoms with Gasteiger partial charge in [0, 0.05) is 0 Å². The molecule has 2 heteroatoms. The fraction of sp³-hybridized carbons (Fsp3) is 0.941. The van der Waals surface area contributed by atoms with Crippen LogP contribution in [0.25, 0.3) is 0 Å². The highest BCUT2D eigenvalue weighted by Crippen LogP contribution is 2.58. The molecular formula is C17H28O2. The molecule has 0 saturated heterocycles. The predicted octanol–water partition coefficient (Wildman–Crippen LogP) is 4.63. The monoisotopic (exact) mass is 264 g/mol. The van der Waals surface area contributed by atoms with Gasteiger partial charge < -0.3 is 5.11 Å². The minimum atomic E-state index is -0.432. The molecule has 0 aromatic carbocycles. The molecule has 3 aliphatic carbocycles. The van der Waals surface area contributed by atoms with Crippen molar-refractivity contribution in [1.29, 1.82) is 0 Å². The molecule has 19 heavy (non-hydrogen) atoms. The van der Waals surface area contributed by atoms with Crippen molar-refractivity contribution in [2.24, 2.45) is 23.2 Å². The van der Waals surface area contributed by atoms with Gasteiger partial charge in [-0.05, 0) is 56.3 Å². The highest BCUT2D eigenvalue weighted by atomic mass is 16.4. The first kappa shape index (κ1) is 13.5. The van der Waals surface area contributed by atoms with Gasteiger partial charge in [-0.3, -0.25) is 4.79 Å². The Bertz CT molecular complexity index is 277. The molecule has 0 amide bonds. The van der Waals surface area contributed by atoms with Gasteiger partial charge in [-0.15, -0.1) is 0 Å². The third-order valence-electron chi connectivity index (χ3n) is 6.46. The molecule has 0 aromatic rings. The van der Waals surface area contributed by atoms with E-state index in [0.29, 0.717) is 17.8 Å². The van der Waals surface area contributed by atoms with Crippen LogP contribution in [0.3, 0.4) is 0 Å². The van der Waals surface area contributed by atoms with Gasteiger partial charge in [0.1, 0.15) is 0 Å². The van der Waals surface area contributed by atoms with Crippen LogP contribution in [0.4, 0.5) is 0 Å². The van der Waals surface area contributed by atoms with E-state index in [4.69, 9.17) is 0 Å². The van der Waals surface area contributed by atoms with Crippen LogP contribution in [-0.2, 0) is 4.79 Å². The molecule has 3 aliphatic rings. The Balaban J connectivity index is 1.96. The summed E-state index contributed by atoms with van der Waals surface area (Å²) >= 11 is 0. The summed E-state index contributed by atoms with van der Waals surface area (Å²) in [4.78, 5) is 12.4. The second-order valence-electron chi connectivity index (χ2n) is 7.18. The molecule has 0 aromatic heterocycles. The van der Waals surface area contributed by atoms with E-state index in [2.05, 4.69) is 0 Å². The van der Waals surface area contributed by atoms with E-state index >= 15 is 0 Å². The summed E-state index contributed by atoms with van der Waals surface area (Å²) < 4.78 is 0. The van der Waals surface area contributed by atoms with Crippen molar-refractivity contribution in [3.63, 3.8) is 0 Å². The number of carboxylic acids is 1. The van der Waals surface area contributed by atoms with Crippen molar-refractivity contribution in [1.82, 2.24) is 0 Å². The Morgan fingerprint density at radius 3 is 1.16 bits per heavy atom. The van der Waals surface area contributed by atoms with Crippen LogP contribution >= 0.6 is 0 Å². The van der Waals surface area contributed by atoms with Crippen LogP contribution < -0.4 is 0 Å². The maximum atomic E-state index is 12.4. The van der Waals surface area contributed by atoms with E-state index in [9.17, 15) is 9.90 Å². The van der Waals surface area contributed by atoms with E-state index in [1.54, 1.807) is 0 Å². The quantitative estimate of drug-likeness (QED) is 0.804. The lowest BCUT2D eigenvalue weighted by atomic mass is 9.57. The molecular weight excluding hydrogens is 236 g/mol. The van der Waals surface area contributed by atoms with Crippen molar-refractivity contribution in [2.45, 2.75) is 77.0 Å². The lowest BCUT2D eigenvalue weighted by Gasteiger charge is -2.45. The van der Waals surface area contributed by atoms with E-state index in [-0.39, 0.29) is 5.41 Å². The van der Waals surface area contributed by atoms with Crippen molar-refractivity contribution in [2.75, 3.05) is 0 Å². The van der Waals surface area contributed by atoms with Crippen molar-refractivity contribution >= 4 is 5.97 Å². The number of hydrogen-bond donors (Lipinski definition) is 1. The molecule has 0 spiro atoms. The SMILES string of the molecule is O=C(O)C(C1CCCC1)(C1CCCC1)C1CCCC1. The van der Waals surface area contributed by atoms with Gasteiger partial charge >= 0.3 is 5.97 Å². The highest BCUT2D eigenvalue weighted by Gasteiger charge is 2.57. The van der Waals surface area contributed by atoms with Crippen LogP contribution in [0.2, 0.25) is 0 Å². The molecule has 108 valence electrons. The topological polar surface area (TPSA) is 37.3 Å². The second-order valence-corrected chi connectivity index (χ2v) is 7.18. The van der Waals surface area contributed by atoms with Gasteiger partial charge in [-0.2, -0.15) is 0 Å². The predicted molar refractivity (Wildman–Crippen MR) is 75.9 cm³/mol. The highest BCUT2D eigenvalue weighted by molar-refractivity contribution is 5.76. The summed E-state index contributed by atoms with van der Waals surface area (Å²) in [5.74, 6) is 1.02. The lowest BCUT2D eigenvalue weighted by Crippen LogP contribution is -2.48. The van der Waals surface area contributed by atoms with E-state index in [0.717, 1.165) is 0 Å². The maximum absolute atomic E-state index is 12.4. The summed E-state index contributed by atoms with van der Waals surface area (Å²) in [6.45, 7) is 0. The first-order valence-corrected chi connectivity index (χ1v) is 8.49. The zero-order valence-corrected chi connectivity index (χ0v) is 12.1. The largest absolute Gasteiger partial charge is 0.481 e. The second kappa shape index (κ2) is 5.46. The molecule has 3 fully saturated rings. The number of rotatable bonds is 4. The number of carboxylic acid groups (broad SMARTS) is 1. The maximum Gasteiger partial charge on any atom is 0.310 e. The molecule has 2 nitrogen and oxygen atoms in total. The number of carbonyl (C=O) groups is 1. The minimum absolute atomic E-state index is 0.344. The molecule has 0 atom stereocenters.